The molecule has 0 aromatic heterocycles. The van der Waals surface area contributed by atoms with Gasteiger partial charge in [0.05, 0.1) is 4.92 Å². The summed E-state index contributed by atoms with van der Waals surface area (Å²) in [6.45, 7) is 4.67. The smallest absolute Gasteiger partial charge is 0.324 e. The molecule has 0 radical (unpaired) electrons. The molecule has 1 fully saturated rings. The van der Waals surface area contributed by atoms with E-state index in [0.29, 0.717) is 5.69 Å². The van der Waals surface area contributed by atoms with Gasteiger partial charge in [0.2, 0.25) is 5.91 Å². The van der Waals surface area contributed by atoms with E-state index in [0.717, 1.165) is 16.0 Å². The zero-order chi connectivity index (χ0) is 21.3. The van der Waals surface area contributed by atoms with Crippen molar-refractivity contribution in [3.05, 3.63) is 69.3 Å². The second-order valence-corrected chi connectivity index (χ2v) is 7.07. The van der Waals surface area contributed by atoms with Gasteiger partial charge in [0, 0.05) is 17.8 Å². The Hall–Kier alpha value is -3.75. The first-order valence-electron chi connectivity index (χ1n) is 8.88. The largest absolute Gasteiger partial charge is 0.325 e. The minimum absolute atomic E-state index is 0.197. The third kappa shape index (κ3) is 3.66. The number of nitro benzene ring substituents is 1. The SMILES string of the molecule is Cc1cccc(C)c1NC(=O)CN1C(=O)NC(C)(c2cccc([N+](=O)[O-])c2)C1=O. The lowest BCUT2D eigenvalue weighted by Crippen LogP contribution is -2.42. The summed E-state index contributed by atoms with van der Waals surface area (Å²) in [5, 5.41) is 16.3. The fourth-order valence-electron chi connectivity index (χ4n) is 3.30. The van der Waals surface area contributed by atoms with Crippen LogP contribution in [0.25, 0.3) is 0 Å². The lowest BCUT2D eigenvalue weighted by molar-refractivity contribution is -0.385. The Labute approximate surface area is 166 Å². The monoisotopic (exact) mass is 396 g/mol. The molecule has 2 aromatic carbocycles. The molecule has 0 aliphatic carbocycles. The van der Waals surface area contributed by atoms with Gasteiger partial charge in [0.1, 0.15) is 12.1 Å². The number of amides is 4. The molecule has 1 aliphatic rings. The van der Waals surface area contributed by atoms with Crippen molar-refractivity contribution in [2.24, 2.45) is 0 Å². The molecule has 0 bridgehead atoms. The van der Waals surface area contributed by atoms with Crippen LogP contribution in [0.5, 0.6) is 0 Å². The summed E-state index contributed by atoms with van der Waals surface area (Å²) in [4.78, 5) is 49.1. The van der Waals surface area contributed by atoms with Crippen LogP contribution in [0.1, 0.15) is 23.6 Å². The molecule has 3 rings (SSSR count). The number of benzene rings is 2. The highest BCUT2D eigenvalue weighted by atomic mass is 16.6. The molecular formula is C20H20N4O5. The average Bonchev–Trinajstić information content (AvgIpc) is 2.89. The Morgan fingerprint density at radius 2 is 1.79 bits per heavy atom. The van der Waals surface area contributed by atoms with Gasteiger partial charge in [-0.1, -0.05) is 30.3 Å². The predicted molar refractivity (Wildman–Crippen MR) is 105 cm³/mol. The van der Waals surface area contributed by atoms with Crippen molar-refractivity contribution in [3.8, 4) is 0 Å². The maximum atomic E-state index is 12.9. The van der Waals surface area contributed by atoms with Gasteiger partial charge >= 0.3 is 6.03 Å². The van der Waals surface area contributed by atoms with E-state index in [1.165, 1.54) is 31.2 Å². The number of nitrogens with zero attached hydrogens (tertiary/aromatic N) is 2. The maximum Gasteiger partial charge on any atom is 0.325 e. The molecule has 1 saturated heterocycles. The standard InChI is InChI=1S/C20H20N4O5/c1-12-6-4-7-13(2)17(12)21-16(25)11-23-18(26)20(3,22-19(23)27)14-8-5-9-15(10-14)24(28)29/h4-10H,11H2,1-3H3,(H,21,25)(H,22,27). The van der Waals surface area contributed by atoms with Gasteiger partial charge in [-0.25, -0.2) is 4.79 Å². The highest BCUT2D eigenvalue weighted by Crippen LogP contribution is 2.31. The number of hydrogen-bond donors (Lipinski definition) is 2. The number of hydrogen-bond acceptors (Lipinski definition) is 5. The molecular weight excluding hydrogens is 376 g/mol. The van der Waals surface area contributed by atoms with E-state index < -0.39 is 34.9 Å². The average molecular weight is 396 g/mol. The molecule has 1 unspecified atom stereocenters. The summed E-state index contributed by atoms with van der Waals surface area (Å²) in [5.74, 6) is -1.17. The third-order valence-electron chi connectivity index (χ3n) is 4.96. The molecule has 0 saturated carbocycles. The van der Waals surface area contributed by atoms with Crippen molar-refractivity contribution >= 4 is 29.2 Å². The highest BCUT2D eigenvalue weighted by molar-refractivity contribution is 6.10. The number of imide groups is 1. The minimum atomic E-state index is -1.50. The van der Waals surface area contributed by atoms with Gasteiger partial charge in [-0.15, -0.1) is 0 Å². The number of para-hydroxylation sites is 1. The van der Waals surface area contributed by atoms with Crippen LogP contribution >= 0.6 is 0 Å². The van der Waals surface area contributed by atoms with Gasteiger partial charge in [-0.05, 0) is 37.5 Å². The number of nitrogens with one attached hydrogen (secondary N) is 2. The molecule has 2 aromatic rings. The molecule has 9 heteroatoms. The van der Waals surface area contributed by atoms with Crippen molar-refractivity contribution in [1.82, 2.24) is 10.2 Å². The number of aryl methyl sites for hydroxylation is 2. The third-order valence-corrected chi connectivity index (χ3v) is 4.96. The Morgan fingerprint density at radius 3 is 2.41 bits per heavy atom. The van der Waals surface area contributed by atoms with Crippen LogP contribution in [0.2, 0.25) is 0 Å². The number of carbonyl (C=O) groups is 3. The van der Waals surface area contributed by atoms with E-state index in [-0.39, 0.29) is 11.3 Å². The first-order chi connectivity index (χ1) is 13.6. The van der Waals surface area contributed by atoms with Crippen LogP contribution in [0.4, 0.5) is 16.2 Å². The maximum absolute atomic E-state index is 12.9. The molecule has 9 nitrogen and oxygen atoms in total. The predicted octanol–water partition coefficient (Wildman–Crippen LogP) is 2.62. The number of rotatable bonds is 5. The first-order valence-corrected chi connectivity index (χ1v) is 8.88. The van der Waals surface area contributed by atoms with Gasteiger partial charge in [0.25, 0.3) is 11.6 Å². The quantitative estimate of drug-likeness (QED) is 0.457. The van der Waals surface area contributed by atoms with E-state index >= 15 is 0 Å². The molecule has 2 N–H and O–H groups in total. The van der Waals surface area contributed by atoms with Crippen molar-refractivity contribution in [3.63, 3.8) is 0 Å². The number of carbonyl (C=O) groups excluding carboxylic acids is 3. The van der Waals surface area contributed by atoms with Gasteiger partial charge in [-0.3, -0.25) is 24.6 Å². The number of anilines is 1. The van der Waals surface area contributed by atoms with Gasteiger partial charge in [-0.2, -0.15) is 0 Å². The zero-order valence-corrected chi connectivity index (χ0v) is 16.2. The second-order valence-electron chi connectivity index (χ2n) is 7.07. The van der Waals surface area contributed by atoms with Crippen LogP contribution in [-0.4, -0.2) is 34.2 Å². The number of nitro groups is 1. The lowest BCUT2D eigenvalue weighted by atomic mass is 9.91. The summed E-state index contributed by atoms with van der Waals surface area (Å²) in [6, 6.07) is 10.3. The summed E-state index contributed by atoms with van der Waals surface area (Å²) in [6.07, 6.45) is 0. The normalized spacial score (nSPS) is 18.5. The lowest BCUT2D eigenvalue weighted by Gasteiger charge is -2.22. The Kier molecular flexibility index (Phi) is 5.06. The summed E-state index contributed by atoms with van der Waals surface area (Å²) in [5.41, 5.74) is 0.918. The second kappa shape index (κ2) is 7.34. The molecule has 29 heavy (non-hydrogen) atoms. The van der Waals surface area contributed by atoms with E-state index in [4.69, 9.17) is 0 Å². The highest BCUT2D eigenvalue weighted by Gasteiger charge is 2.49. The molecule has 1 heterocycles. The van der Waals surface area contributed by atoms with Gasteiger partial charge < -0.3 is 10.6 Å². The fourth-order valence-corrected chi connectivity index (χ4v) is 3.30. The van der Waals surface area contributed by atoms with Crippen molar-refractivity contribution in [2.45, 2.75) is 26.3 Å². The van der Waals surface area contributed by atoms with E-state index in [1.807, 2.05) is 32.0 Å². The molecule has 150 valence electrons. The first kappa shape index (κ1) is 20.0. The zero-order valence-electron chi connectivity index (χ0n) is 16.2. The van der Waals surface area contributed by atoms with E-state index in [1.54, 1.807) is 0 Å². The van der Waals surface area contributed by atoms with Crippen LogP contribution in [0, 0.1) is 24.0 Å². The van der Waals surface area contributed by atoms with Crippen LogP contribution in [0.15, 0.2) is 42.5 Å². The van der Waals surface area contributed by atoms with Gasteiger partial charge in [0.15, 0.2) is 0 Å². The Balaban J connectivity index is 1.81. The molecule has 0 spiro atoms. The molecule has 4 amide bonds. The minimum Gasteiger partial charge on any atom is -0.324 e. The molecule has 1 atom stereocenters. The van der Waals surface area contributed by atoms with Crippen LogP contribution in [-0.2, 0) is 15.1 Å². The Morgan fingerprint density at radius 1 is 1.17 bits per heavy atom. The summed E-state index contributed by atoms with van der Waals surface area (Å²) < 4.78 is 0. The summed E-state index contributed by atoms with van der Waals surface area (Å²) >= 11 is 0. The van der Waals surface area contributed by atoms with Crippen molar-refractivity contribution < 1.29 is 19.3 Å². The Bertz CT molecular complexity index is 1020. The van der Waals surface area contributed by atoms with Crippen molar-refractivity contribution in [1.29, 1.82) is 0 Å². The number of non-ortho nitro benzene ring substituents is 1. The molecule has 1 aliphatic heterocycles. The topological polar surface area (TPSA) is 122 Å². The summed E-state index contributed by atoms with van der Waals surface area (Å²) in [7, 11) is 0. The van der Waals surface area contributed by atoms with E-state index in [9.17, 15) is 24.5 Å². The fraction of sp³-hybridized carbons (Fsp3) is 0.250. The van der Waals surface area contributed by atoms with E-state index in [2.05, 4.69) is 10.6 Å². The number of urea groups is 1. The van der Waals surface area contributed by atoms with Crippen molar-refractivity contribution in [2.75, 3.05) is 11.9 Å². The van der Waals surface area contributed by atoms with Crippen LogP contribution in [0.3, 0.4) is 0 Å². The van der Waals surface area contributed by atoms with Crippen LogP contribution < -0.4 is 10.6 Å².